The Balaban J connectivity index is 1.33. The average Bonchev–Trinajstić information content (AvgIpc) is 3.66. The number of esters is 2. The number of hydrogen-bond donors (Lipinski definition) is 1. The van der Waals surface area contributed by atoms with Crippen LogP contribution in [0.15, 0.2) is 108 Å². The van der Waals surface area contributed by atoms with E-state index < -0.39 is 28.2 Å². The highest BCUT2D eigenvalue weighted by atomic mass is 16.5. The highest BCUT2D eigenvalue weighted by Gasteiger charge is 2.48. The lowest BCUT2D eigenvalue weighted by Crippen LogP contribution is -2.29. The molecule has 0 amide bonds. The average molecular weight is 782 g/mol. The van der Waals surface area contributed by atoms with Gasteiger partial charge in [-0.3, -0.25) is 19.2 Å². The first-order valence-corrected chi connectivity index (χ1v) is 20.6. The summed E-state index contributed by atoms with van der Waals surface area (Å²) in [5.41, 5.74) is 3.64. The first kappa shape index (κ1) is 40.4. The highest BCUT2D eigenvalue weighted by molar-refractivity contribution is 6.54. The van der Waals surface area contributed by atoms with Crippen molar-refractivity contribution in [3.8, 4) is 0 Å². The van der Waals surface area contributed by atoms with Crippen LogP contribution in [0.3, 0.4) is 0 Å². The van der Waals surface area contributed by atoms with E-state index >= 15 is 0 Å². The molecule has 1 N–H and O–H groups in total. The van der Waals surface area contributed by atoms with Gasteiger partial charge in [-0.05, 0) is 72.0 Å². The number of Topliss-reactive ketones (excluding diaryl/α,β-unsaturated/α-hetero) is 2. The second kappa shape index (κ2) is 16.2. The largest absolute Gasteiger partial charge is 0.506 e. The van der Waals surface area contributed by atoms with Crippen molar-refractivity contribution >= 4 is 62.1 Å². The van der Waals surface area contributed by atoms with Crippen LogP contribution in [0.2, 0.25) is 0 Å². The maximum Gasteiger partial charge on any atom is 0.312 e. The molecule has 7 rings (SSSR count). The van der Waals surface area contributed by atoms with Crippen LogP contribution in [-0.2, 0) is 39.5 Å². The van der Waals surface area contributed by atoms with Gasteiger partial charge in [0, 0.05) is 41.1 Å². The first-order chi connectivity index (χ1) is 27.8. The van der Waals surface area contributed by atoms with Crippen molar-refractivity contribution < 1.29 is 38.3 Å². The second-order valence-electron chi connectivity index (χ2n) is 16.5. The lowest BCUT2D eigenvalue weighted by molar-refractivity contribution is -0.436. The standard InChI is InChI=1S/C49H52N2O7/c1-7-9-27-57-41(52)23-25-50-37-21-19-31-15-11-13-17-33(31)43(37)48(3,4)39(50)29-35-45(54)36(47(56)46(35)55)30-40-49(5,6)44-34-18-14-12-16-32(34)20-22-38(44)51(40)26-24-42(53)58-28-10-8-2/h11-22,29-30H,7-10,23-28H2,1-6H3/p+1. The number of fused-ring (bicyclic) bond motifs is 6. The van der Waals surface area contributed by atoms with Gasteiger partial charge in [-0.2, -0.15) is 4.58 Å². The fourth-order valence-corrected chi connectivity index (χ4v) is 8.83. The molecule has 9 nitrogen and oxygen atoms in total. The zero-order valence-corrected chi connectivity index (χ0v) is 34.4. The molecular formula is C49H53N2O7+. The lowest BCUT2D eigenvalue weighted by Gasteiger charge is -2.27. The third-order valence-electron chi connectivity index (χ3n) is 11.9. The predicted molar refractivity (Wildman–Crippen MR) is 228 cm³/mol. The van der Waals surface area contributed by atoms with E-state index in [-0.39, 0.29) is 49.0 Å². The van der Waals surface area contributed by atoms with Gasteiger partial charge in [0.1, 0.15) is 12.2 Å². The van der Waals surface area contributed by atoms with Crippen LogP contribution in [0.5, 0.6) is 0 Å². The van der Waals surface area contributed by atoms with E-state index in [1.54, 1.807) is 12.2 Å². The normalized spacial score (nSPS) is 18.3. The van der Waals surface area contributed by atoms with Gasteiger partial charge >= 0.3 is 11.9 Å². The van der Waals surface area contributed by atoms with Crippen molar-refractivity contribution in [1.82, 2.24) is 0 Å². The van der Waals surface area contributed by atoms with E-state index in [0.29, 0.717) is 24.6 Å². The number of aliphatic hydroxyl groups excluding tert-OH is 1. The van der Waals surface area contributed by atoms with Crippen molar-refractivity contribution in [2.45, 2.75) is 90.9 Å². The number of anilines is 1. The quantitative estimate of drug-likeness (QED) is 0.0443. The summed E-state index contributed by atoms with van der Waals surface area (Å²) in [4.78, 5) is 55.9. The molecule has 2 aliphatic heterocycles. The Hall–Kier alpha value is -5.83. The van der Waals surface area contributed by atoms with E-state index in [0.717, 1.165) is 69.7 Å². The maximum absolute atomic E-state index is 14.1. The number of hydrogen-bond acceptors (Lipinski definition) is 8. The van der Waals surface area contributed by atoms with Gasteiger partial charge in [-0.15, -0.1) is 0 Å². The number of aliphatic hydroxyl groups is 1. The summed E-state index contributed by atoms with van der Waals surface area (Å²) in [6.07, 6.45) is 6.86. The van der Waals surface area contributed by atoms with Gasteiger partial charge in [-0.1, -0.05) is 95.1 Å². The zero-order chi connectivity index (χ0) is 41.4. The van der Waals surface area contributed by atoms with Crippen molar-refractivity contribution in [2.75, 3.05) is 31.2 Å². The fraction of sp³-hybridized carbons (Fsp3) is 0.367. The Bertz CT molecular complexity index is 2480. The van der Waals surface area contributed by atoms with Crippen LogP contribution in [0.1, 0.15) is 91.2 Å². The first-order valence-electron chi connectivity index (χ1n) is 20.6. The minimum Gasteiger partial charge on any atom is -0.506 e. The molecule has 0 bridgehead atoms. The van der Waals surface area contributed by atoms with Crippen LogP contribution in [-0.4, -0.2) is 65.2 Å². The summed E-state index contributed by atoms with van der Waals surface area (Å²) >= 11 is 0. The van der Waals surface area contributed by atoms with E-state index in [1.807, 2.05) is 71.9 Å². The number of rotatable bonds is 14. The van der Waals surface area contributed by atoms with Crippen LogP contribution in [0.4, 0.5) is 11.4 Å². The van der Waals surface area contributed by atoms with Gasteiger partial charge in [0.05, 0.1) is 36.2 Å². The van der Waals surface area contributed by atoms with E-state index in [1.165, 1.54) is 0 Å². The van der Waals surface area contributed by atoms with E-state index in [9.17, 15) is 24.3 Å². The summed E-state index contributed by atoms with van der Waals surface area (Å²) in [6.45, 7) is 13.6. The second-order valence-corrected chi connectivity index (χ2v) is 16.5. The molecular weight excluding hydrogens is 729 g/mol. The molecule has 0 aromatic heterocycles. The van der Waals surface area contributed by atoms with E-state index in [2.05, 4.69) is 52.0 Å². The van der Waals surface area contributed by atoms with Crippen LogP contribution in [0, 0.1) is 0 Å². The lowest BCUT2D eigenvalue weighted by atomic mass is 9.78. The summed E-state index contributed by atoms with van der Waals surface area (Å²) in [5.74, 6) is -2.65. The number of carbonyl (C=O) groups excluding carboxylic acids is 4. The zero-order valence-electron chi connectivity index (χ0n) is 34.4. The molecule has 0 unspecified atom stereocenters. The summed E-state index contributed by atoms with van der Waals surface area (Å²) in [7, 11) is 0. The molecule has 0 spiro atoms. The highest BCUT2D eigenvalue weighted by Crippen LogP contribution is 2.52. The number of unbranched alkanes of at least 4 members (excludes halogenated alkanes) is 2. The molecule has 58 heavy (non-hydrogen) atoms. The van der Waals surface area contributed by atoms with Gasteiger partial charge in [-0.25, -0.2) is 0 Å². The number of nitrogens with zero attached hydrogens (tertiary/aromatic N) is 2. The van der Waals surface area contributed by atoms with Gasteiger partial charge in [0.2, 0.25) is 17.3 Å². The summed E-state index contributed by atoms with van der Waals surface area (Å²) < 4.78 is 13.0. The van der Waals surface area contributed by atoms with Crippen LogP contribution >= 0.6 is 0 Å². The molecule has 0 saturated carbocycles. The number of ether oxygens (including phenoxy) is 2. The van der Waals surface area contributed by atoms with Gasteiger partial charge < -0.3 is 19.5 Å². The molecule has 2 heterocycles. The third-order valence-corrected chi connectivity index (χ3v) is 11.9. The Morgan fingerprint density at radius 3 is 1.95 bits per heavy atom. The third kappa shape index (κ3) is 7.16. The summed E-state index contributed by atoms with van der Waals surface area (Å²) in [5, 5.41) is 16.2. The van der Waals surface area contributed by atoms with Crippen LogP contribution < -0.4 is 4.90 Å². The number of benzene rings is 4. The monoisotopic (exact) mass is 781 g/mol. The van der Waals surface area contributed by atoms with Crippen molar-refractivity contribution in [3.63, 3.8) is 0 Å². The maximum atomic E-state index is 14.1. The van der Waals surface area contributed by atoms with E-state index in [4.69, 9.17) is 9.47 Å². The Kier molecular flexibility index (Phi) is 11.3. The number of ketones is 2. The molecule has 3 aliphatic rings. The molecule has 4 aromatic carbocycles. The molecule has 0 saturated heterocycles. The minimum atomic E-state index is -0.808. The predicted octanol–water partition coefficient (Wildman–Crippen LogP) is 9.41. The molecule has 1 aliphatic carbocycles. The van der Waals surface area contributed by atoms with Crippen molar-refractivity contribution in [1.29, 1.82) is 0 Å². The van der Waals surface area contributed by atoms with Gasteiger partial charge in [0.25, 0.3) is 0 Å². The number of allylic oxidation sites excluding steroid dienone is 5. The smallest absolute Gasteiger partial charge is 0.312 e. The summed E-state index contributed by atoms with van der Waals surface area (Å²) in [6, 6.07) is 24.3. The van der Waals surface area contributed by atoms with Crippen molar-refractivity contribution in [2.24, 2.45) is 0 Å². The van der Waals surface area contributed by atoms with Gasteiger partial charge in [0.15, 0.2) is 12.3 Å². The molecule has 0 fully saturated rings. The Labute approximate surface area is 340 Å². The van der Waals surface area contributed by atoms with Crippen molar-refractivity contribution in [3.05, 3.63) is 119 Å². The number of carbonyl (C=O) groups is 4. The molecule has 0 radical (unpaired) electrons. The molecule has 9 heteroatoms. The van der Waals surface area contributed by atoms with Crippen LogP contribution in [0.25, 0.3) is 21.5 Å². The molecule has 0 atom stereocenters. The fourth-order valence-electron chi connectivity index (χ4n) is 8.83. The Morgan fingerprint density at radius 1 is 0.724 bits per heavy atom. The Morgan fingerprint density at radius 2 is 1.31 bits per heavy atom. The SMILES string of the molecule is CCCCOC(=O)CCN1/C(=C/C2=C(O)C(=C/C3=[N+](CCC(=O)OCCCC)c4ccc5ccccc5c4C3(C)C)/C(=O)C2=O)C(C)(C)c2c1ccc1ccccc21. The topological polar surface area (TPSA) is 113 Å². The molecule has 300 valence electrons. The minimum absolute atomic E-state index is 0.0997. The molecule has 4 aromatic rings.